The average molecular weight is 408 g/mol. The van der Waals surface area contributed by atoms with E-state index < -0.39 is 17.8 Å². The Labute approximate surface area is 162 Å². The molecular formula is C17H14ClN3O5S. The van der Waals surface area contributed by atoms with E-state index in [1.165, 1.54) is 31.6 Å². The molecule has 0 fully saturated rings. The fourth-order valence-corrected chi connectivity index (χ4v) is 3.56. The van der Waals surface area contributed by atoms with Crippen LogP contribution in [0.5, 0.6) is 0 Å². The second-order valence-corrected chi connectivity index (χ2v) is 6.71. The standard InChI is InChI=1S/C17H14ClN3O5S/c1-25-12(22)7-8-13(17(24)26-2)10(19-15(8)18)6-9-14(20-21-16(9)23)11-4-3-5-27-11/h3-6,19H,7H2,1-2H3,(H,21,23). The number of hydrogen-bond donors (Lipinski definition) is 2. The summed E-state index contributed by atoms with van der Waals surface area (Å²) in [6.07, 6.45) is 1.23. The maximum atomic E-state index is 12.3. The number of aromatic nitrogens is 1. The summed E-state index contributed by atoms with van der Waals surface area (Å²) in [4.78, 5) is 39.8. The van der Waals surface area contributed by atoms with Crippen LogP contribution in [-0.2, 0) is 25.5 Å². The highest BCUT2D eigenvalue weighted by molar-refractivity contribution is 7.12. The summed E-state index contributed by atoms with van der Waals surface area (Å²) in [6.45, 7) is 0. The van der Waals surface area contributed by atoms with E-state index in [1.54, 1.807) is 0 Å². The van der Waals surface area contributed by atoms with Crippen LogP contribution < -0.4 is 5.43 Å². The quantitative estimate of drug-likeness (QED) is 0.583. The molecule has 0 radical (unpaired) electrons. The lowest BCUT2D eigenvalue weighted by Crippen LogP contribution is -2.14. The highest BCUT2D eigenvalue weighted by atomic mass is 35.5. The van der Waals surface area contributed by atoms with Crippen molar-refractivity contribution in [3.05, 3.63) is 49.9 Å². The van der Waals surface area contributed by atoms with Crippen LogP contribution >= 0.6 is 22.9 Å². The van der Waals surface area contributed by atoms with E-state index in [-0.39, 0.29) is 34.0 Å². The Balaban J connectivity index is 2.11. The summed E-state index contributed by atoms with van der Waals surface area (Å²) in [5.74, 6) is -1.69. The van der Waals surface area contributed by atoms with Gasteiger partial charge in [-0.3, -0.25) is 9.59 Å². The molecule has 8 nitrogen and oxygen atoms in total. The number of esters is 2. The number of amides is 1. The number of rotatable bonds is 5. The first-order valence-corrected chi connectivity index (χ1v) is 8.91. The van der Waals surface area contributed by atoms with E-state index in [0.717, 1.165) is 4.88 Å². The van der Waals surface area contributed by atoms with E-state index in [2.05, 4.69) is 20.2 Å². The van der Waals surface area contributed by atoms with Crippen molar-refractivity contribution in [1.82, 2.24) is 10.4 Å². The largest absolute Gasteiger partial charge is 0.469 e. The predicted molar refractivity (Wildman–Crippen MR) is 99.8 cm³/mol. The molecule has 0 unspecified atom stereocenters. The second-order valence-electron chi connectivity index (χ2n) is 5.39. The van der Waals surface area contributed by atoms with Crippen LogP contribution in [0.1, 0.15) is 26.5 Å². The number of ether oxygens (including phenoxy) is 2. The van der Waals surface area contributed by atoms with Gasteiger partial charge in [-0.1, -0.05) is 17.7 Å². The van der Waals surface area contributed by atoms with Gasteiger partial charge in [0.1, 0.15) is 10.9 Å². The lowest BCUT2D eigenvalue weighted by Gasteiger charge is -2.04. The summed E-state index contributed by atoms with van der Waals surface area (Å²) < 4.78 is 9.45. The molecule has 2 aromatic heterocycles. The second kappa shape index (κ2) is 7.77. The normalized spacial score (nSPS) is 14.9. The highest BCUT2D eigenvalue weighted by Crippen LogP contribution is 2.29. The molecule has 0 spiro atoms. The number of carbonyl (C=O) groups excluding carboxylic acids is 3. The Morgan fingerprint density at radius 2 is 2.11 bits per heavy atom. The summed E-state index contributed by atoms with van der Waals surface area (Å²) in [5, 5.41) is 5.99. The first kappa shape index (κ1) is 18.9. The minimum Gasteiger partial charge on any atom is -0.469 e. The monoisotopic (exact) mass is 407 g/mol. The van der Waals surface area contributed by atoms with Crippen molar-refractivity contribution in [2.24, 2.45) is 5.10 Å². The van der Waals surface area contributed by atoms with Gasteiger partial charge in [-0.05, 0) is 17.5 Å². The number of carbonyl (C=O) groups is 3. The number of methoxy groups -OCH3 is 2. The Bertz CT molecular complexity index is 975. The molecule has 0 saturated carbocycles. The van der Waals surface area contributed by atoms with Crippen LogP contribution in [0.25, 0.3) is 6.08 Å². The molecule has 0 atom stereocenters. The van der Waals surface area contributed by atoms with Crippen molar-refractivity contribution < 1.29 is 23.9 Å². The molecule has 0 aromatic carbocycles. The molecule has 1 aliphatic rings. The van der Waals surface area contributed by atoms with Gasteiger partial charge in [0.25, 0.3) is 5.91 Å². The topological polar surface area (TPSA) is 110 Å². The molecule has 1 amide bonds. The van der Waals surface area contributed by atoms with Gasteiger partial charge in [-0.25, -0.2) is 10.2 Å². The molecule has 3 rings (SSSR count). The summed E-state index contributed by atoms with van der Waals surface area (Å²) in [5.41, 5.74) is 3.64. The van der Waals surface area contributed by atoms with Crippen molar-refractivity contribution in [1.29, 1.82) is 0 Å². The number of halogens is 1. The lowest BCUT2D eigenvalue weighted by atomic mass is 10.0. The van der Waals surface area contributed by atoms with Gasteiger partial charge < -0.3 is 14.5 Å². The smallest absolute Gasteiger partial charge is 0.340 e. The van der Waals surface area contributed by atoms with Crippen molar-refractivity contribution in [3.63, 3.8) is 0 Å². The van der Waals surface area contributed by atoms with E-state index >= 15 is 0 Å². The third-order valence-corrected chi connectivity index (χ3v) is 5.03. The Hall–Kier alpha value is -2.91. The Morgan fingerprint density at radius 1 is 1.33 bits per heavy atom. The molecule has 10 heteroatoms. The minimum atomic E-state index is -0.697. The van der Waals surface area contributed by atoms with Gasteiger partial charge in [0, 0.05) is 5.56 Å². The average Bonchev–Trinajstić information content (AvgIpc) is 3.36. The van der Waals surface area contributed by atoms with E-state index in [1.807, 2.05) is 17.5 Å². The van der Waals surface area contributed by atoms with Crippen molar-refractivity contribution in [2.45, 2.75) is 6.42 Å². The van der Waals surface area contributed by atoms with Crippen LogP contribution in [0.15, 0.2) is 28.2 Å². The van der Waals surface area contributed by atoms with Gasteiger partial charge >= 0.3 is 11.9 Å². The van der Waals surface area contributed by atoms with Gasteiger partial charge in [0.15, 0.2) is 0 Å². The zero-order valence-corrected chi connectivity index (χ0v) is 15.9. The van der Waals surface area contributed by atoms with Gasteiger partial charge in [0.2, 0.25) is 0 Å². The molecule has 2 N–H and O–H groups in total. The zero-order chi connectivity index (χ0) is 19.6. The fourth-order valence-electron chi connectivity index (χ4n) is 2.57. The van der Waals surface area contributed by atoms with Crippen molar-refractivity contribution >= 4 is 52.6 Å². The predicted octanol–water partition coefficient (Wildman–Crippen LogP) is 2.15. The Morgan fingerprint density at radius 3 is 2.74 bits per heavy atom. The third kappa shape index (κ3) is 3.64. The number of hydrazone groups is 1. The SMILES string of the molecule is COC(=O)Cc1c(Cl)[nH]c(C=C2C(=O)NN=C2c2cccs2)c1C(=O)OC. The molecule has 0 saturated heterocycles. The molecule has 3 heterocycles. The number of aromatic amines is 1. The minimum absolute atomic E-state index is 0.0608. The first-order valence-electron chi connectivity index (χ1n) is 7.65. The number of nitrogens with zero attached hydrogens (tertiary/aromatic N) is 1. The maximum absolute atomic E-state index is 12.3. The Kier molecular flexibility index (Phi) is 5.43. The zero-order valence-electron chi connectivity index (χ0n) is 14.3. The van der Waals surface area contributed by atoms with E-state index in [4.69, 9.17) is 16.3 Å². The molecule has 0 bridgehead atoms. The molecule has 140 valence electrons. The van der Waals surface area contributed by atoms with Gasteiger partial charge in [0.05, 0.1) is 42.3 Å². The van der Waals surface area contributed by atoms with E-state index in [0.29, 0.717) is 5.71 Å². The van der Waals surface area contributed by atoms with E-state index in [9.17, 15) is 14.4 Å². The fraction of sp³-hybridized carbons (Fsp3) is 0.176. The number of hydrogen-bond acceptors (Lipinski definition) is 7. The van der Waals surface area contributed by atoms with Crippen LogP contribution in [0.4, 0.5) is 0 Å². The van der Waals surface area contributed by atoms with Crippen LogP contribution in [0.3, 0.4) is 0 Å². The number of H-pyrrole nitrogens is 1. The van der Waals surface area contributed by atoms with Crippen LogP contribution in [0.2, 0.25) is 5.15 Å². The molecule has 27 heavy (non-hydrogen) atoms. The number of thiophene rings is 1. The molecule has 2 aromatic rings. The summed E-state index contributed by atoms with van der Waals surface area (Å²) >= 11 is 7.60. The summed E-state index contributed by atoms with van der Waals surface area (Å²) in [6, 6.07) is 3.66. The van der Waals surface area contributed by atoms with Crippen molar-refractivity contribution in [3.8, 4) is 0 Å². The molecule has 0 aliphatic carbocycles. The highest BCUT2D eigenvalue weighted by Gasteiger charge is 2.29. The molecule has 1 aliphatic heterocycles. The maximum Gasteiger partial charge on any atom is 0.340 e. The van der Waals surface area contributed by atoms with Crippen LogP contribution in [-0.4, -0.2) is 42.8 Å². The molecular weight excluding hydrogens is 394 g/mol. The van der Waals surface area contributed by atoms with Gasteiger partial charge in [-0.15, -0.1) is 11.3 Å². The first-order chi connectivity index (χ1) is 13.0. The summed E-state index contributed by atoms with van der Waals surface area (Å²) in [7, 11) is 2.44. The third-order valence-electron chi connectivity index (χ3n) is 3.83. The van der Waals surface area contributed by atoms with Crippen molar-refractivity contribution in [2.75, 3.05) is 14.2 Å². The van der Waals surface area contributed by atoms with Gasteiger partial charge in [-0.2, -0.15) is 5.10 Å². The number of nitrogens with one attached hydrogen (secondary N) is 2. The van der Waals surface area contributed by atoms with Crippen LogP contribution in [0, 0.1) is 0 Å². The lowest BCUT2D eigenvalue weighted by molar-refractivity contribution is -0.139.